The second-order valence-electron chi connectivity index (χ2n) is 4.50. The molecule has 0 unspecified atom stereocenters. The van der Waals surface area contributed by atoms with Gasteiger partial charge in [-0.3, -0.25) is 0 Å². The number of benzene rings is 2. The van der Waals surface area contributed by atoms with Gasteiger partial charge in [0, 0.05) is 22.4 Å². The molecule has 0 aromatic heterocycles. The molecule has 0 heterocycles. The molecule has 2 aromatic carbocycles. The van der Waals surface area contributed by atoms with Gasteiger partial charge in [0.15, 0.2) is 0 Å². The number of rotatable bonds is 6. The fraction of sp³-hybridized carbons (Fsp3) is 0.250. The zero-order chi connectivity index (χ0) is 14.4. The van der Waals surface area contributed by atoms with E-state index >= 15 is 0 Å². The highest BCUT2D eigenvalue weighted by molar-refractivity contribution is 7.99. The fourth-order valence-corrected chi connectivity index (χ4v) is 2.59. The molecule has 0 aliphatic rings. The van der Waals surface area contributed by atoms with E-state index in [2.05, 4.69) is 12.2 Å². The highest BCUT2D eigenvalue weighted by atomic mass is 32.2. The minimum Gasteiger partial charge on any atom is -0.313 e. The van der Waals surface area contributed by atoms with Crippen molar-refractivity contribution >= 4 is 11.8 Å². The Hall–Kier alpha value is -1.39. The van der Waals surface area contributed by atoms with Crippen LogP contribution in [-0.2, 0) is 6.54 Å². The van der Waals surface area contributed by atoms with Gasteiger partial charge >= 0.3 is 0 Å². The highest BCUT2D eigenvalue weighted by Crippen LogP contribution is 2.30. The van der Waals surface area contributed by atoms with Crippen LogP contribution in [0.3, 0.4) is 0 Å². The molecular weight excluding hydrogens is 276 g/mol. The van der Waals surface area contributed by atoms with E-state index in [9.17, 15) is 8.78 Å². The van der Waals surface area contributed by atoms with Gasteiger partial charge in [-0.05, 0) is 42.8 Å². The second-order valence-corrected chi connectivity index (χ2v) is 5.61. The van der Waals surface area contributed by atoms with Gasteiger partial charge in [0.05, 0.1) is 0 Å². The van der Waals surface area contributed by atoms with Crippen LogP contribution in [0.5, 0.6) is 0 Å². The van der Waals surface area contributed by atoms with Gasteiger partial charge in [-0.25, -0.2) is 8.78 Å². The number of hydrogen-bond acceptors (Lipinski definition) is 2. The van der Waals surface area contributed by atoms with Crippen LogP contribution < -0.4 is 5.32 Å². The summed E-state index contributed by atoms with van der Waals surface area (Å²) in [6.45, 7) is 3.96. The van der Waals surface area contributed by atoms with Crippen LogP contribution in [0.15, 0.2) is 52.3 Å². The van der Waals surface area contributed by atoms with E-state index in [1.54, 1.807) is 0 Å². The Morgan fingerprint density at radius 3 is 2.45 bits per heavy atom. The molecule has 0 radical (unpaired) electrons. The molecule has 0 atom stereocenters. The van der Waals surface area contributed by atoms with E-state index < -0.39 is 11.6 Å². The van der Waals surface area contributed by atoms with Gasteiger partial charge in [-0.15, -0.1) is 0 Å². The molecule has 106 valence electrons. The lowest BCUT2D eigenvalue weighted by Gasteiger charge is -2.06. The Balaban J connectivity index is 1.99. The predicted molar refractivity (Wildman–Crippen MR) is 78.9 cm³/mol. The van der Waals surface area contributed by atoms with E-state index in [0.717, 1.165) is 30.5 Å². The summed E-state index contributed by atoms with van der Waals surface area (Å²) in [6.07, 6.45) is 1.11. The van der Waals surface area contributed by atoms with Crippen LogP contribution in [0.4, 0.5) is 8.78 Å². The zero-order valence-corrected chi connectivity index (χ0v) is 12.1. The lowest BCUT2D eigenvalue weighted by atomic mass is 10.2. The first-order valence-electron chi connectivity index (χ1n) is 6.61. The maximum absolute atomic E-state index is 13.6. The lowest BCUT2D eigenvalue weighted by molar-refractivity contribution is 0.565. The molecule has 0 bridgehead atoms. The topological polar surface area (TPSA) is 12.0 Å². The summed E-state index contributed by atoms with van der Waals surface area (Å²) in [5.74, 6) is -1.08. The van der Waals surface area contributed by atoms with Crippen LogP contribution in [0, 0.1) is 11.6 Å². The van der Waals surface area contributed by atoms with E-state index in [1.165, 1.54) is 29.5 Å². The van der Waals surface area contributed by atoms with Gasteiger partial charge in [0.25, 0.3) is 0 Å². The van der Waals surface area contributed by atoms with Crippen molar-refractivity contribution < 1.29 is 8.78 Å². The van der Waals surface area contributed by atoms with Crippen molar-refractivity contribution in [3.8, 4) is 0 Å². The summed E-state index contributed by atoms with van der Waals surface area (Å²) in [5, 5.41) is 3.33. The van der Waals surface area contributed by atoms with Crippen molar-refractivity contribution in [2.24, 2.45) is 0 Å². The van der Waals surface area contributed by atoms with Crippen molar-refractivity contribution in [2.45, 2.75) is 29.7 Å². The van der Waals surface area contributed by atoms with Crippen molar-refractivity contribution in [2.75, 3.05) is 6.54 Å². The first-order valence-corrected chi connectivity index (χ1v) is 7.43. The monoisotopic (exact) mass is 293 g/mol. The van der Waals surface area contributed by atoms with Crippen LogP contribution >= 0.6 is 11.8 Å². The molecule has 0 aliphatic heterocycles. The zero-order valence-electron chi connectivity index (χ0n) is 11.3. The first kappa shape index (κ1) is 15.0. The summed E-state index contributed by atoms with van der Waals surface area (Å²) in [5.41, 5.74) is 1.20. The first-order chi connectivity index (χ1) is 9.69. The van der Waals surface area contributed by atoms with Crippen LogP contribution in [0.1, 0.15) is 18.9 Å². The molecule has 0 aliphatic carbocycles. The standard InChI is InChI=1S/C16H17F2NS/c1-2-9-19-11-12-3-6-14(7-4-12)20-16-8-5-13(17)10-15(16)18/h3-8,10,19H,2,9,11H2,1H3. The van der Waals surface area contributed by atoms with Gasteiger partial charge in [0.1, 0.15) is 11.6 Å². The van der Waals surface area contributed by atoms with Crippen LogP contribution in [-0.4, -0.2) is 6.54 Å². The minimum absolute atomic E-state index is 0.434. The van der Waals surface area contributed by atoms with E-state index in [4.69, 9.17) is 0 Å². The van der Waals surface area contributed by atoms with Crippen LogP contribution in [0.25, 0.3) is 0 Å². The molecule has 2 aromatic rings. The molecule has 0 saturated heterocycles. The second kappa shape index (κ2) is 7.41. The van der Waals surface area contributed by atoms with Gasteiger partial charge in [0.2, 0.25) is 0 Å². The third-order valence-electron chi connectivity index (χ3n) is 2.80. The number of hydrogen-bond donors (Lipinski definition) is 1. The molecular formula is C16H17F2NS. The largest absolute Gasteiger partial charge is 0.313 e. The Morgan fingerprint density at radius 2 is 1.80 bits per heavy atom. The summed E-state index contributed by atoms with van der Waals surface area (Å²) < 4.78 is 26.4. The van der Waals surface area contributed by atoms with Gasteiger partial charge in [-0.2, -0.15) is 0 Å². The Labute approximate surface area is 122 Å². The molecule has 0 spiro atoms. The van der Waals surface area contributed by atoms with E-state index in [-0.39, 0.29) is 0 Å². The number of halogens is 2. The average molecular weight is 293 g/mol. The Morgan fingerprint density at radius 1 is 1.05 bits per heavy atom. The molecule has 0 amide bonds. The quantitative estimate of drug-likeness (QED) is 0.780. The SMILES string of the molecule is CCCNCc1ccc(Sc2ccc(F)cc2F)cc1. The average Bonchev–Trinajstić information content (AvgIpc) is 2.44. The van der Waals surface area contributed by atoms with Gasteiger partial charge < -0.3 is 5.32 Å². The third-order valence-corrected chi connectivity index (χ3v) is 3.86. The fourth-order valence-electron chi connectivity index (χ4n) is 1.77. The lowest BCUT2D eigenvalue weighted by Crippen LogP contribution is -2.13. The molecule has 4 heteroatoms. The number of nitrogens with one attached hydrogen (secondary N) is 1. The molecule has 0 saturated carbocycles. The third kappa shape index (κ3) is 4.32. The highest BCUT2D eigenvalue weighted by Gasteiger charge is 2.05. The molecule has 0 fully saturated rings. The summed E-state index contributed by atoms with van der Waals surface area (Å²) in [7, 11) is 0. The van der Waals surface area contributed by atoms with Gasteiger partial charge in [-0.1, -0.05) is 30.8 Å². The van der Waals surface area contributed by atoms with E-state index in [1.807, 2.05) is 24.3 Å². The van der Waals surface area contributed by atoms with Crippen LogP contribution in [0.2, 0.25) is 0 Å². The molecule has 1 N–H and O–H groups in total. The predicted octanol–water partition coefficient (Wildman–Crippen LogP) is 4.62. The van der Waals surface area contributed by atoms with Crippen molar-refractivity contribution in [1.82, 2.24) is 5.32 Å². The molecule has 20 heavy (non-hydrogen) atoms. The van der Waals surface area contributed by atoms with E-state index in [0.29, 0.717) is 4.90 Å². The molecule has 2 rings (SSSR count). The summed E-state index contributed by atoms with van der Waals surface area (Å²) in [4.78, 5) is 1.37. The maximum Gasteiger partial charge on any atom is 0.140 e. The molecule has 1 nitrogen and oxygen atoms in total. The minimum atomic E-state index is -0.552. The smallest absolute Gasteiger partial charge is 0.140 e. The normalized spacial score (nSPS) is 10.8. The summed E-state index contributed by atoms with van der Waals surface area (Å²) >= 11 is 1.30. The maximum atomic E-state index is 13.6. The summed E-state index contributed by atoms with van der Waals surface area (Å²) in [6, 6.07) is 11.6. The van der Waals surface area contributed by atoms with Crippen molar-refractivity contribution in [1.29, 1.82) is 0 Å². The Kier molecular flexibility index (Phi) is 5.56. The van der Waals surface area contributed by atoms with Crippen molar-refractivity contribution in [3.63, 3.8) is 0 Å². The van der Waals surface area contributed by atoms with Crippen molar-refractivity contribution in [3.05, 3.63) is 59.7 Å². The Bertz CT molecular complexity index is 555.